The molecule has 0 aliphatic heterocycles. The van der Waals surface area contributed by atoms with Crippen LogP contribution in [0, 0.1) is 12.8 Å². The van der Waals surface area contributed by atoms with E-state index in [9.17, 15) is 0 Å². The average molecular weight is 260 g/mol. The van der Waals surface area contributed by atoms with Crippen molar-refractivity contribution in [3.05, 3.63) is 22.6 Å². The fourth-order valence-electron chi connectivity index (χ4n) is 2.31. The molecule has 0 bridgehead atoms. The fraction of sp³-hybridized carbons (Fsp3) is 0.462. The van der Waals surface area contributed by atoms with Crippen molar-refractivity contribution in [1.29, 1.82) is 0 Å². The molecular formula is C13H16N4S. The quantitative estimate of drug-likeness (QED) is 0.856. The van der Waals surface area contributed by atoms with Gasteiger partial charge in [-0.25, -0.2) is 15.0 Å². The van der Waals surface area contributed by atoms with Crippen molar-refractivity contribution in [3.63, 3.8) is 0 Å². The maximum Gasteiger partial charge on any atom is 0.137 e. The van der Waals surface area contributed by atoms with Gasteiger partial charge in [-0.1, -0.05) is 6.92 Å². The molecule has 2 heterocycles. The van der Waals surface area contributed by atoms with Gasteiger partial charge in [0.15, 0.2) is 0 Å². The molecule has 0 radical (unpaired) electrons. The highest BCUT2D eigenvalue weighted by atomic mass is 32.1. The van der Waals surface area contributed by atoms with Crippen molar-refractivity contribution in [2.45, 2.75) is 33.1 Å². The van der Waals surface area contributed by atoms with Gasteiger partial charge >= 0.3 is 0 Å². The number of thiazole rings is 1. The predicted octanol–water partition coefficient (Wildman–Crippen LogP) is 2.62. The second kappa shape index (κ2) is 4.31. The first-order valence-corrected chi connectivity index (χ1v) is 7.03. The largest absolute Gasteiger partial charge is 0.383 e. The summed E-state index contributed by atoms with van der Waals surface area (Å²) < 4.78 is 0. The Labute approximate surface area is 110 Å². The zero-order chi connectivity index (χ0) is 12.7. The lowest BCUT2D eigenvalue weighted by Crippen LogP contribution is -2.09. The third kappa shape index (κ3) is 1.99. The van der Waals surface area contributed by atoms with Crippen molar-refractivity contribution in [2.75, 3.05) is 5.73 Å². The molecule has 2 aromatic rings. The fourth-order valence-corrected chi connectivity index (χ4v) is 3.60. The van der Waals surface area contributed by atoms with Crippen molar-refractivity contribution in [1.82, 2.24) is 15.0 Å². The van der Waals surface area contributed by atoms with Crippen molar-refractivity contribution >= 4 is 17.2 Å². The van der Waals surface area contributed by atoms with Gasteiger partial charge < -0.3 is 5.73 Å². The number of hydrogen-bond donors (Lipinski definition) is 1. The maximum atomic E-state index is 5.95. The topological polar surface area (TPSA) is 64.7 Å². The van der Waals surface area contributed by atoms with E-state index < -0.39 is 0 Å². The molecule has 0 saturated heterocycles. The average Bonchev–Trinajstić information content (AvgIpc) is 2.71. The van der Waals surface area contributed by atoms with Gasteiger partial charge in [-0.15, -0.1) is 11.3 Å². The number of hydrogen-bond acceptors (Lipinski definition) is 5. The number of fused-ring (bicyclic) bond motifs is 1. The van der Waals surface area contributed by atoms with E-state index in [2.05, 4.69) is 16.9 Å². The molecule has 5 heteroatoms. The molecule has 0 fully saturated rings. The molecule has 1 unspecified atom stereocenters. The number of nitrogens with two attached hydrogens (primary N) is 1. The first kappa shape index (κ1) is 11.6. The Bertz CT molecular complexity index is 591. The van der Waals surface area contributed by atoms with Gasteiger partial charge in [-0.3, -0.25) is 0 Å². The Balaban J connectivity index is 2.02. The number of anilines is 1. The molecule has 1 atom stereocenters. The number of aromatic nitrogens is 3. The lowest BCUT2D eigenvalue weighted by molar-refractivity contribution is 0.502. The van der Waals surface area contributed by atoms with E-state index in [1.54, 1.807) is 17.5 Å². The Morgan fingerprint density at radius 3 is 3.00 bits per heavy atom. The van der Waals surface area contributed by atoms with Crippen LogP contribution >= 0.6 is 11.3 Å². The van der Waals surface area contributed by atoms with Crippen LogP contribution in [-0.4, -0.2) is 15.0 Å². The molecule has 1 aliphatic carbocycles. The summed E-state index contributed by atoms with van der Waals surface area (Å²) in [6, 6.07) is 0. The highest BCUT2D eigenvalue weighted by molar-refractivity contribution is 7.15. The van der Waals surface area contributed by atoms with Crippen LogP contribution in [0.2, 0.25) is 0 Å². The molecule has 3 rings (SSSR count). The van der Waals surface area contributed by atoms with Crippen LogP contribution in [0.3, 0.4) is 0 Å². The Hall–Kier alpha value is -1.49. The van der Waals surface area contributed by atoms with Crippen LogP contribution in [0.15, 0.2) is 6.20 Å². The highest BCUT2D eigenvalue weighted by Gasteiger charge is 2.21. The van der Waals surface area contributed by atoms with Gasteiger partial charge in [0.25, 0.3) is 0 Å². The van der Waals surface area contributed by atoms with E-state index in [1.165, 1.54) is 17.0 Å². The number of nitrogen functional groups attached to an aromatic ring is 1. The SMILES string of the molecule is Cc1ncc(-c2nc3c(s2)CC(C)CC3)c(N)n1. The Morgan fingerprint density at radius 2 is 2.22 bits per heavy atom. The standard InChI is InChI=1S/C13H16N4S/c1-7-3-4-10-11(5-7)18-13(17-10)9-6-15-8(2)16-12(9)14/h6-7H,3-5H2,1-2H3,(H2,14,15,16). The second-order valence-electron chi connectivity index (χ2n) is 4.95. The summed E-state index contributed by atoms with van der Waals surface area (Å²) in [6.07, 6.45) is 5.24. The van der Waals surface area contributed by atoms with Gasteiger partial charge in [0.1, 0.15) is 16.6 Å². The normalized spacial score (nSPS) is 18.7. The molecular weight excluding hydrogens is 244 g/mol. The molecule has 2 aromatic heterocycles. The lowest BCUT2D eigenvalue weighted by Gasteiger charge is -2.15. The van der Waals surface area contributed by atoms with E-state index >= 15 is 0 Å². The van der Waals surface area contributed by atoms with E-state index in [0.29, 0.717) is 11.6 Å². The van der Waals surface area contributed by atoms with Crippen LogP contribution < -0.4 is 5.73 Å². The van der Waals surface area contributed by atoms with Gasteiger partial charge in [0.2, 0.25) is 0 Å². The number of nitrogens with zero attached hydrogens (tertiary/aromatic N) is 3. The number of aryl methyl sites for hydroxylation is 2. The first-order valence-electron chi connectivity index (χ1n) is 6.21. The van der Waals surface area contributed by atoms with E-state index in [-0.39, 0.29) is 0 Å². The second-order valence-corrected chi connectivity index (χ2v) is 6.04. The van der Waals surface area contributed by atoms with Gasteiger partial charge in [-0.05, 0) is 32.1 Å². The van der Waals surface area contributed by atoms with Crippen molar-refractivity contribution in [3.8, 4) is 10.6 Å². The van der Waals surface area contributed by atoms with E-state index in [0.717, 1.165) is 29.3 Å². The zero-order valence-corrected chi connectivity index (χ0v) is 11.4. The molecule has 18 heavy (non-hydrogen) atoms. The van der Waals surface area contributed by atoms with E-state index in [4.69, 9.17) is 10.7 Å². The summed E-state index contributed by atoms with van der Waals surface area (Å²) in [5.74, 6) is 1.99. The van der Waals surface area contributed by atoms with Crippen LogP contribution in [0.1, 0.15) is 29.7 Å². The summed E-state index contributed by atoms with van der Waals surface area (Å²) in [5.41, 5.74) is 8.07. The van der Waals surface area contributed by atoms with Gasteiger partial charge in [0.05, 0.1) is 11.3 Å². The molecule has 2 N–H and O–H groups in total. The molecule has 94 valence electrons. The summed E-state index contributed by atoms with van der Waals surface area (Å²) in [7, 11) is 0. The maximum absolute atomic E-state index is 5.95. The van der Waals surface area contributed by atoms with Crippen LogP contribution in [0.25, 0.3) is 10.6 Å². The third-order valence-corrected chi connectivity index (χ3v) is 4.51. The Morgan fingerprint density at radius 1 is 1.39 bits per heavy atom. The number of rotatable bonds is 1. The third-order valence-electron chi connectivity index (χ3n) is 3.36. The van der Waals surface area contributed by atoms with Crippen LogP contribution in [0.4, 0.5) is 5.82 Å². The molecule has 0 aromatic carbocycles. The summed E-state index contributed by atoms with van der Waals surface area (Å²) in [5, 5.41) is 0.964. The zero-order valence-electron chi connectivity index (χ0n) is 10.6. The van der Waals surface area contributed by atoms with Crippen LogP contribution in [0.5, 0.6) is 0 Å². The molecule has 0 saturated carbocycles. The summed E-state index contributed by atoms with van der Waals surface area (Å²) >= 11 is 1.74. The Kier molecular flexibility index (Phi) is 2.78. The minimum Gasteiger partial charge on any atom is -0.383 e. The smallest absolute Gasteiger partial charge is 0.137 e. The van der Waals surface area contributed by atoms with Crippen molar-refractivity contribution in [2.24, 2.45) is 5.92 Å². The predicted molar refractivity (Wildman–Crippen MR) is 73.5 cm³/mol. The minimum atomic E-state index is 0.529. The van der Waals surface area contributed by atoms with Crippen molar-refractivity contribution < 1.29 is 0 Å². The molecule has 1 aliphatic rings. The lowest BCUT2D eigenvalue weighted by atomic mass is 9.93. The summed E-state index contributed by atoms with van der Waals surface area (Å²) in [6.45, 7) is 4.14. The van der Waals surface area contributed by atoms with E-state index in [1.807, 2.05) is 6.92 Å². The first-order chi connectivity index (χ1) is 8.63. The van der Waals surface area contributed by atoms with Crippen LogP contribution in [-0.2, 0) is 12.8 Å². The molecule has 0 spiro atoms. The van der Waals surface area contributed by atoms with Gasteiger partial charge in [0, 0.05) is 11.1 Å². The summed E-state index contributed by atoms with van der Waals surface area (Å²) in [4.78, 5) is 14.5. The van der Waals surface area contributed by atoms with Gasteiger partial charge in [-0.2, -0.15) is 0 Å². The minimum absolute atomic E-state index is 0.529. The molecule has 0 amide bonds. The highest BCUT2D eigenvalue weighted by Crippen LogP contribution is 2.35. The molecule has 4 nitrogen and oxygen atoms in total. The monoisotopic (exact) mass is 260 g/mol.